The van der Waals surface area contributed by atoms with Crippen LogP contribution in [-0.4, -0.2) is 22.7 Å². The van der Waals surface area contributed by atoms with Gasteiger partial charge in [-0.15, -0.1) is 13.2 Å². The van der Waals surface area contributed by atoms with Crippen LogP contribution in [-0.2, 0) is 0 Å². The van der Waals surface area contributed by atoms with Gasteiger partial charge in [0.1, 0.15) is 11.5 Å². The molecule has 3 aliphatic rings. The molecule has 2 aliphatic carbocycles. The molecule has 0 radical (unpaired) electrons. The van der Waals surface area contributed by atoms with Gasteiger partial charge in [0.15, 0.2) is 5.84 Å². The van der Waals surface area contributed by atoms with E-state index in [-0.39, 0.29) is 11.8 Å². The van der Waals surface area contributed by atoms with Crippen molar-refractivity contribution in [1.82, 2.24) is 4.57 Å². The van der Waals surface area contributed by atoms with E-state index in [4.69, 9.17) is 9.73 Å². The highest BCUT2D eigenvalue weighted by atomic mass is 16.5. The summed E-state index contributed by atoms with van der Waals surface area (Å²) in [6.45, 7) is 15.3. The molecule has 274 valence electrons. The van der Waals surface area contributed by atoms with Crippen molar-refractivity contribution in [3.8, 4) is 22.6 Å². The number of rotatable bonds is 5. The molecule has 0 saturated heterocycles. The van der Waals surface area contributed by atoms with Crippen molar-refractivity contribution in [3.63, 3.8) is 0 Å². The predicted molar refractivity (Wildman–Crippen MR) is 234 cm³/mol. The van der Waals surface area contributed by atoms with Crippen molar-refractivity contribution in [2.75, 3.05) is 6.54 Å². The molecule has 0 amide bonds. The number of para-hydroxylation sites is 2. The smallest absolute Gasteiger partial charge is 0.154 e. The number of aryl methyl sites for hydroxylation is 2. The molecular formula is C51H49N3O. The maximum absolute atomic E-state index is 6.05. The first-order valence-electron chi connectivity index (χ1n) is 19.3. The second-order valence-corrected chi connectivity index (χ2v) is 14.0. The Labute approximate surface area is 325 Å². The number of nitrogens with zero attached hydrogens (tertiary/aromatic N) is 3. The third-order valence-electron chi connectivity index (χ3n) is 10.5. The van der Waals surface area contributed by atoms with Crippen LogP contribution in [0, 0.1) is 19.8 Å². The topological polar surface area (TPSA) is 38.9 Å². The van der Waals surface area contributed by atoms with E-state index < -0.39 is 0 Å². The molecule has 5 aromatic carbocycles. The molecule has 0 saturated carbocycles. The van der Waals surface area contributed by atoms with Crippen LogP contribution in [0.5, 0.6) is 5.75 Å². The number of aromatic nitrogens is 1. The van der Waals surface area contributed by atoms with E-state index in [2.05, 4.69) is 165 Å². The van der Waals surface area contributed by atoms with Gasteiger partial charge in [0.25, 0.3) is 0 Å². The van der Waals surface area contributed by atoms with Gasteiger partial charge >= 0.3 is 0 Å². The zero-order valence-corrected chi connectivity index (χ0v) is 32.4. The van der Waals surface area contributed by atoms with Crippen LogP contribution in [0.1, 0.15) is 54.9 Å². The summed E-state index contributed by atoms with van der Waals surface area (Å²) < 4.78 is 8.48. The first-order chi connectivity index (χ1) is 27.0. The number of allylic oxidation sites excluding steroid dienone is 4. The third-order valence-corrected chi connectivity index (χ3v) is 10.5. The molecule has 2 atom stereocenters. The summed E-state index contributed by atoms with van der Waals surface area (Å²) in [6, 6.07) is 42.6. The van der Waals surface area contributed by atoms with Crippen molar-refractivity contribution in [1.29, 1.82) is 0 Å². The van der Waals surface area contributed by atoms with E-state index in [0.717, 1.165) is 41.5 Å². The number of benzene rings is 5. The Balaban J connectivity index is 0.000000162. The van der Waals surface area contributed by atoms with E-state index in [1.54, 1.807) is 0 Å². The van der Waals surface area contributed by atoms with Crippen molar-refractivity contribution < 1.29 is 4.74 Å². The Bertz CT molecular complexity index is 2570. The predicted octanol–water partition coefficient (Wildman–Crippen LogP) is 11.2. The monoisotopic (exact) mass is 719 g/mol. The van der Waals surface area contributed by atoms with Gasteiger partial charge in [0.05, 0.1) is 11.4 Å². The van der Waals surface area contributed by atoms with Crippen molar-refractivity contribution >= 4 is 34.6 Å². The summed E-state index contributed by atoms with van der Waals surface area (Å²) >= 11 is 0. The number of fused-ring (bicyclic) bond motifs is 6. The Hall–Kier alpha value is -6.26. The molecule has 0 N–H and O–H groups in total. The molecule has 2 heterocycles. The molecule has 2 unspecified atom stereocenters. The second-order valence-electron chi connectivity index (χ2n) is 14.0. The first kappa shape index (κ1) is 37.1. The molecule has 1 aromatic heterocycles. The van der Waals surface area contributed by atoms with Crippen LogP contribution in [0.2, 0.25) is 0 Å². The van der Waals surface area contributed by atoms with Crippen LogP contribution >= 0.6 is 0 Å². The largest absolute Gasteiger partial charge is 0.461 e. The summed E-state index contributed by atoms with van der Waals surface area (Å²) in [6.07, 6.45) is 13.4. The number of hydrogen-bond acceptors (Lipinski definition) is 2. The van der Waals surface area contributed by atoms with Gasteiger partial charge < -0.3 is 9.30 Å². The first-order valence-corrected chi connectivity index (χ1v) is 19.3. The number of aliphatic imine (C=N–C) groups is 2. The standard InChI is InChI=1S/C26H23N.C23H22N2O.C2H4/c1-18-10-6-7-13-21(18)23-17-24-22-14-8-9-15-25(22)27(26(24)16-19(23)2)20-11-4-3-5-12-20;1-3-24-23(17-10-5-4-6-11-17)25-16(2)18-13-9-15-21-22(18)19-12-7-8-14-20(19)26-21;1-2/h3-7,10-17H,8-9H2,1-2H3;4-15,18,22H,3H2,1-2H3;1-2H2. The molecule has 4 nitrogen and oxygen atoms in total. The van der Waals surface area contributed by atoms with Crippen LogP contribution in [0.4, 0.5) is 0 Å². The minimum absolute atomic E-state index is 0.171. The van der Waals surface area contributed by atoms with Crippen LogP contribution < -0.4 is 15.3 Å². The van der Waals surface area contributed by atoms with Gasteiger partial charge in [-0.05, 0) is 99.2 Å². The maximum atomic E-state index is 6.05. The highest BCUT2D eigenvalue weighted by Gasteiger charge is 2.37. The normalized spacial score (nSPS) is 16.8. The van der Waals surface area contributed by atoms with Gasteiger partial charge in [0.2, 0.25) is 0 Å². The fraction of sp³-hybridized carbons (Fsp3) is 0.176. The van der Waals surface area contributed by atoms with Gasteiger partial charge in [-0.1, -0.05) is 115 Å². The Kier molecular flexibility index (Phi) is 11.3. The quantitative estimate of drug-likeness (QED) is 0.0993. The zero-order valence-electron chi connectivity index (χ0n) is 32.4. The van der Waals surface area contributed by atoms with E-state index >= 15 is 0 Å². The summed E-state index contributed by atoms with van der Waals surface area (Å²) in [5.41, 5.74) is 11.2. The minimum atomic E-state index is 0.171. The molecule has 0 bridgehead atoms. The highest BCUT2D eigenvalue weighted by Crippen LogP contribution is 2.47. The van der Waals surface area contributed by atoms with E-state index in [1.807, 2.05) is 37.3 Å². The lowest BCUT2D eigenvalue weighted by molar-refractivity contribution is 0.415. The maximum Gasteiger partial charge on any atom is 0.154 e. The van der Waals surface area contributed by atoms with Crippen molar-refractivity contribution in [2.24, 2.45) is 15.9 Å². The summed E-state index contributed by atoms with van der Waals surface area (Å²) in [4.78, 5) is 9.54. The molecule has 0 fully saturated rings. The lowest BCUT2D eigenvalue weighted by Crippen LogP contribution is -2.30. The Morgan fingerprint density at radius 1 is 0.782 bits per heavy atom. The lowest BCUT2D eigenvalue weighted by Gasteiger charge is -2.23. The molecule has 6 aromatic rings. The lowest BCUT2D eigenvalue weighted by atomic mass is 9.80. The summed E-state index contributed by atoms with van der Waals surface area (Å²) in [5.74, 6) is 3.11. The second kappa shape index (κ2) is 16.8. The van der Waals surface area contributed by atoms with Gasteiger partial charge in [-0.2, -0.15) is 0 Å². The molecule has 1 aliphatic heterocycles. The number of amidine groups is 1. The van der Waals surface area contributed by atoms with Crippen molar-refractivity contribution in [3.05, 3.63) is 191 Å². The van der Waals surface area contributed by atoms with Crippen LogP contribution in [0.15, 0.2) is 168 Å². The van der Waals surface area contributed by atoms with E-state index in [0.29, 0.717) is 6.54 Å². The molecule has 9 rings (SSSR count). The zero-order chi connectivity index (χ0) is 38.3. The molecular weight excluding hydrogens is 671 g/mol. The van der Waals surface area contributed by atoms with Gasteiger partial charge in [0, 0.05) is 50.9 Å². The Morgan fingerprint density at radius 3 is 2.24 bits per heavy atom. The van der Waals surface area contributed by atoms with Crippen LogP contribution in [0.3, 0.4) is 0 Å². The number of ether oxygens (including phenoxy) is 1. The number of hydrogen-bond donors (Lipinski definition) is 0. The summed E-state index contributed by atoms with van der Waals surface area (Å²) in [5, 5.41) is 4.08. The van der Waals surface area contributed by atoms with Gasteiger partial charge in [-0.25, -0.2) is 4.99 Å². The third kappa shape index (κ3) is 7.46. The average molecular weight is 720 g/mol. The fourth-order valence-electron chi connectivity index (χ4n) is 7.98. The SMILES string of the molecule is C=C.CCN=C(N=C(C)C1C=CC=C2Oc3ccccc3C21)c1ccccc1.Cc1ccccc1-c1cc2c3c(n(-c4ccccc4)c2cc1C)=CCCC=3. The fourth-order valence-corrected chi connectivity index (χ4v) is 7.98. The molecule has 4 heteroatoms. The highest BCUT2D eigenvalue weighted by molar-refractivity contribution is 6.07. The molecule has 55 heavy (non-hydrogen) atoms. The minimum Gasteiger partial charge on any atom is -0.461 e. The molecule has 0 spiro atoms. The van der Waals surface area contributed by atoms with E-state index in [1.165, 1.54) is 55.0 Å². The van der Waals surface area contributed by atoms with Crippen molar-refractivity contribution in [2.45, 2.75) is 46.5 Å². The Morgan fingerprint density at radius 2 is 1.47 bits per heavy atom. The summed E-state index contributed by atoms with van der Waals surface area (Å²) in [7, 11) is 0. The van der Waals surface area contributed by atoms with Gasteiger partial charge in [-0.3, -0.25) is 4.99 Å². The van der Waals surface area contributed by atoms with Crippen LogP contribution in [0.25, 0.3) is 39.9 Å². The average Bonchev–Trinajstić information content (AvgIpc) is 3.77. The van der Waals surface area contributed by atoms with E-state index in [9.17, 15) is 0 Å².